The second-order valence-corrected chi connectivity index (χ2v) is 7.60. The van der Waals surface area contributed by atoms with Gasteiger partial charge < -0.3 is 15.0 Å². The van der Waals surface area contributed by atoms with E-state index in [1.807, 2.05) is 37.3 Å². The van der Waals surface area contributed by atoms with Gasteiger partial charge in [0.05, 0.1) is 5.56 Å². The smallest absolute Gasteiger partial charge is 0.264 e. The average Bonchev–Trinajstić information content (AvgIpc) is 2.90. The number of carbonyl (C=O) groups excluding carboxylic acids is 2. The molecule has 0 spiro atoms. The van der Waals surface area contributed by atoms with Crippen molar-refractivity contribution in [1.29, 1.82) is 0 Å². The fourth-order valence-corrected chi connectivity index (χ4v) is 3.65. The van der Waals surface area contributed by atoms with Crippen molar-refractivity contribution in [3.05, 3.63) is 95.1 Å². The molecule has 3 aromatic carbocycles. The lowest BCUT2D eigenvalue weighted by Gasteiger charge is -2.23. The number of carbonyl (C=O) groups is 2. The third kappa shape index (κ3) is 4.61. The molecule has 0 fully saturated rings. The summed E-state index contributed by atoms with van der Waals surface area (Å²) in [5.41, 5.74) is 1.88. The largest absolute Gasteiger partial charge is 0.480 e. The molecule has 5 nitrogen and oxygen atoms in total. The number of ether oxygens (including phenoxy) is 1. The van der Waals surface area contributed by atoms with Crippen molar-refractivity contribution >= 4 is 17.5 Å². The first-order chi connectivity index (χ1) is 15.4. The van der Waals surface area contributed by atoms with Crippen molar-refractivity contribution < 1.29 is 23.1 Å². The number of halogens is 2. The van der Waals surface area contributed by atoms with Crippen LogP contribution in [-0.4, -0.2) is 22.8 Å². The van der Waals surface area contributed by atoms with E-state index in [9.17, 15) is 18.4 Å². The van der Waals surface area contributed by atoms with Gasteiger partial charge in [-0.3, -0.25) is 9.59 Å². The molecule has 1 heterocycles. The summed E-state index contributed by atoms with van der Waals surface area (Å²) in [6.45, 7) is 2.62. The molecule has 1 aliphatic rings. The summed E-state index contributed by atoms with van der Waals surface area (Å²) < 4.78 is 33.0. The van der Waals surface area contributed by atoms with E-state index in [-0.39, 0.29) is 11.5 Å². The van der Waals surface area contributed by atoms with E-state index in [1.165, 1.54) is 0 Å². The maximum absolute atomic E-state index is 13.9. The molecule has 1 N–H and O–H groups in total. The first-order valence-corrected chi connectivity index (χ1v) is 10.3. The lowest BCUT2D eigenvalue weighted by molar-refractivity contribution is -0.139. The Balaban J connectivity index is 1.59. The summed E-state index contributed by atoms with van der Waals surface area (Å²) in [6, 6.07) is 17.5. The van der Waals surface area contributed by atoms with Crippen LogP contribution in [0.5, 0.6) is 5.75 Å². The van der Waals surface area contributed by atoms with Gasteiger partial charge in [-0.25, -0.2) is 8.78 Å². The number of nitrogens with zero attached hydrogens (tertiary/aromatic N) is 1. The van der Waals surface area contributed by atoms with Crippen molar-refractivity contribution in [1.82, 2.24) is 4.90 Å². The van der Waals surface area contributed by atoms with Crippen LogP contribution < -0.4 is 10.1 Å². The van der Waals surface area contributed by atoms with E-state index in [2.05, 4.69) is 5.32 Å². The number of benzene rings is 3. The number of nitrogens with one attached hydrogen (secondary N) is 1. The molecule has 1 aliphatic heterocycles. The molecule has 164 valence electrons. The van der Waals surface area contributed by atoms with E-state index in [0.29, 0.717) is 37.0 Å². The van der Waals surface area contributed by atoms with Gasteiger partial charge >= 0.3 is 0 Å². The third-order valence-corrected chi connectivity index (χ3v) is 5.30. The molecule has 0 saturated heterocycles. The molecule has 1 unspecified atom stereocenters. The van der Waals surface area contributed by atoms with Gasteiger partial charge in [-0.05, 0) is 42.3 Å². The first kappa shape index (κ1) is 21.5. The van der Waals surface area contributed by atoms with E-state index in [4.69, 9.17) is 4.74 Å². The molecule has 7 heteroatoms. The van der Waals surface area contributed by atoms with E-state index in [1.54, 1.807) is 23.1 Å². The number of amides is 2. The highest BCUT2D eigenvalue weighted by Crippen LogP contribution is 2.30. The standard InChI is InChI=1S/C25H22F2N2O3/c1-2-22-25(31)29(14-16-6-4-3-5-7-16)15-17-12-19(9-11-23(17)32-22)28-24(30)20-10-8-18(26)13-21(20)27/h3-13,22H,2,14-15H2,1H3,(H,28,30). The molecule has 0 radical (unpaired) electrons. The number of hydrogen-bond acceptors (Lipinski definition) is 3. The lowest BCUT2D eigenvalue weighted by atomic mass is 10.1. The average molecular weight is 436 g/mol. The third-order valence-electron chi connectivity index (χ3n) is 5.30. The van der Waals surface area contributed by atoms with E-state index in [0.717, 1.165) is 23.3 Å². The molecular formula is C25H22F2N2O3. The van der Waals surface area contributed by atoms with Gasteiger partial charge in [-0.2, -0.15) is 0 Å². The van der Waals surface area contributed by atoms with Gasteiger partial charge in [0.15, 0.2) is 6.10 Å². The highest BCUT2D eigenvalue weighted by atomic mass is 19.1. The molecule has 1 atom stereocenters. The van der Waals surface area contributed by atoms with Gasteiger partial charge in [0.2, 0.25) is 0 Å². The Kier molecular flexibility index (Phi) is 6.16. The minimum atomic E-state index is -0.939. The summed E-state index contributed by atoms with van der Waals surface area (Å²) in [7, 11) is 0. The Morgan fingerprint density at radius 2 is 1.88 bits per heavy atom. The SMILES string of the molecule is CCC1Oc2ccc(NC(=O)c3ccc(F)cc3F)cc2CN(Cc2ccccc2)C1=O. The van der Waals surface area contributed by atoms with Crippen molar-refractivity contribution in [2.24, 2.45) is 0 Å². The van der Waals surface area contributed by atoms with Crippen molar-refractivity contribution in [3.8, 4) is 5.75 Å². The van der Waals surface area contributed by atoms with Crippen LogP contribution in [0.25, 0.3) is 0 Å². The topological polar surface area (TPSA) is 58.6 Å². The van der Waals surface area contributed by atoms with Gasteiger partial charge in [0.1, 0.15) is 17.4 Å². The molecule has 32 heavy (non-hydrogen) atoms. The fourth-order valence-electron chi connectivity index (χ4n) is 3.65. The number of fused-ring (bicyclic) bond motifs is 1. The minimum Gasteiger partial charge on any atom is -0.480 e. The van der Waals surface area contributed by atoms with E-state index < -0.39 is 23.6 Å². The molecule has 0 aromatic heterocycles. The second kappa shape index (κ2) is 9.18. The van der Waals surface area contributed by atoms with Gasteiger partial charge in [0.25, 0.3) is 11.8 Å². The summed E-state index contributed by atoms with van der Waals surface area (Å²) >= 11 is 0. The highest BCUT2D eigenvalue weighted by Gasteiger charge is 2.30. The highest BCUT2D eigenvalue weighted by molar-refractivity contribution is 6.04. The summed E-state index contributed by atoms with van der Waals surface area (Å²) in [6.07, 6.45) is -0.0833. The predicted molar refractivity (Wildman–Crippen MR) is 116 cm³/mol. The summed E-state index contributed by atoms with van der Waals surface area (Å²) in [5, 5.41) is 2.63. The van der Waals surface area contributed by atoms with Crippen LogP contribution >= 0.6 is 0 Å². The molecule has 3 aromatic rings. The number of rotatable bonds is 5. The Hall–Kier alpha value is -3.74. The fraction of sp³-hybridized carbons (Fsp3) is 0.200. The van der Waals surface area contributed by atoms with Crippen LogP contribution in [0, 0.1) is 11.6 Å². The molecule has 0 aliphatic carbocycles. The molecule has 0 bridgehead atoms. The summed E-state index contributed by atoms with van der Waals surface area (Å²) in [5.74, 6) is -1.93. The zero-order chi connectivity index (χ0) is 22.7. The lowest BCUT2D eigenvalue weighted by Crippen LogP contribution is -2.38. The second-order valence-electron chi connectivity index (χ2n) is 7.60. The van der Waals surface area contributed by atoms with Crippen LogP contribution in [0.3, 0.4) is 0 Å². The van der Waals surface area contributed by atoms with Gasteiger partial charge in [-0.1, -0.05) is 37.3 Å². The Labute approximate surface area is 184 Å². The molecular weight excluding hydrogens is 414 g/mol. The maximum atomic E-state index is 13.9. The zero-order valence-electron chi connectivity index (χ0n) is 17.5. The molecule has 0 saturated carbocycles. The molecule has 4 rings (SSSR count). The first-order valence-electron chi connectivity index (χ1n) is 10.3. The number of anilines is 1. The quantitative estimate of drug-likeness (QED) is 0.618. The monoisotopic (exact) mass is 436 g/mol. The number of hydrogen-bond donors (Lipinski definition) is 1. The van der Waals surface area contributed by atoms with Crippen LogP contribution in [0.15, 0.2) is 66.7 Å². The Morgan fingerprint density at radius 1 is 1.09 bits per heavy atom. The minimum absolute atomic E-state index is 0.105. The van der Waals surface area contributed by atoms with E-state index >= 15 is 0 Å². The normalized spacial score (nSPS) is 15.5. The van der Waals surface area contributed by atoms with Crippen molar-refractivity contribution in [2.45, 2.75) is 32.5 Å². The maximum Gasteiger partial charge on any atom is 0.264 e. The zero-order valence-corrected chi connectivity index (χ0v) is 17.5. The van der Waals surface area contributed by atoms with Crippen LogP contribution in [0.4, 0.5) is 14.5 Å². The van der Waals surface area contributed by atoms with Crippen molar-refractivity contribution in [2.75, 3.05) is 5.32 Å². The van der Waals surface area contributed by atoms with Crippen LogP contribution in [-0.2, 0) is 17.9 Å². The van der Waals surface area contributed by atoms with Gasteiger partial charge in [0, 0.05) is 30.4 Å². The Morgan fingerprint density at radius 3 is 2.59 bits per heavy atom. The van der Waals surface area contributed by atoms with Crippen LogP contribution in [0.1, 0.15) is 34.8 Å². The van der Waals surface area contributed by atoms with Crippen LogP contribution in [0.2, 0.25) is 0 Å². The summed E-state index contributed by atoms with van der Waals surface area (Å²) in [4.78, 5) is 27.2. The molecule has 2 amide bonds. The Bertz CT molecular complexity index is 1150. The predicted octanol–water partition coefficient (Wildman–Crippen LogP) is 4.92. The van der Waals surface area contributed by atoms with Gasteiger partial charge in [-0.15, -0.1) is 0 Å². The van der Waals surface area contributed by atoms with Crippen molar-refractivity contribution in [3.63, 3.8) is 0 Å².